The predicted octanol–water partition coefficient (Wildman–Crippen LogP) is 11.5. The first-order valence-electron chi connectivity index (χ1n) is 21.2. The summed E-state index contributed by atoms with van der Waals surface area (Å²) in [7, 11) is 1.56. The summed E-state index contributed by atoms with van der Waals surface area (Å²) < 4.78 is 23.4. The highest BCUT2D eigenvalue weighted by Crippen LogP contribution is 2.43. The van der Waals surface area contributed by atoms with Crippen LogP contribution >= 0.6 is 7.82 Å². The van der Waals surface area contributed by atoms with Crippen molar-refractivity contribution in [3.63, 3.8) is 0 Å². The third-order valence-electron chi connectivity index (χ3n) is 8.99. The van der Waals surface area contributed by atoms with Gasteiger partial charge in [0.1, 0.15) is 13.2 Å². The Kier molecular flexibility index (Phi) is 34.7. The molecule has 0 saturated heterocycles. The average Bonchev–Trinajstić information content (AvgIpc) is 3.10. The van der Waals surface area contributed by atoms with E-state index in [0.29, 0.717) is 17.4 Å². The summed E-state index contributed by atoms with van der Waals surface area (Å²) in [5.41, 5.74) is 0. The lowest BCUT2D eigenvalue weighted by Gasteiger charge is -2.25. The standard InChI is InChI=1S/C44H81N2O6P/c1-6-8-10-12-14-15-16-17-18-19-20-21-22-23-24-25-26-27-28-29-30-31-32-34-36-38-44(48)45-42(43(47)37-35-33-13-11-9-7-2)41-52-53(49,50)51-40-39-46(3,4)5/h8,10,14-15,17-18,20-21,35,37,42-43,47H,6-7,9,11-13,16,19,22-34,36,38-41H2,1-5H3,(H-,45,48,49,50)/p+1/b10-8-,15-14-,18-17-,21-20-,37-35+. The van der Waals surface area contributed by atoms with E-state index in [-0.39, 0.29) is 19.1 Å². The van der Waals surface area contributed by atoms with Crippen LogP contribution in [0.4, 0.5) is 0 Å². The quantitative estimate of drug-likeness (QED) is 0.0252. The first-order chi connectivity index (χ1) is 25.5. The van der Waals surface area contributed by atoms with Crippen molar-refractivity contribution in [1.82, 2.24) is 5.32 Å². The van der Waals surface area contributed by atoms with E-state index in [1.807, 2.05) is 27.2 Å². The maximum atomic E-state index is 12.8. The van der Waals surface area contributed by atoms with Crippen LogP contribution in [-0.4, -0.2) is 73.4 Å². The molecule has 0 fully saturated rings. The maximum absolute atomic E-state index is 12.8. The van der Waals surface area contributed by atoms with Crippen LogP contribution in [0, 0.1) is 0 Å². The molecule has 0 radical (unpaired) electrons. The normalized spacial score (nSPS) is 15.1. The van der Waals surface area contributed by atoms with Gasteiger partial charge < -0.3 is 19.8 Å². The van der Waals surface area contributed by atoms with Crippen LogP contribution < -0.4 is 5.32 Å². The second kappa shape index (κ2) is 35.9. The van der Waals surface area contributed by atoms with Gasteiger partial charge in [0.15, 0.2) is 0 Å². The van der Waals surface area contributed by atoms with Crippen LogP contribution in [0.2, 0.25) is 0 Å². The molecule has 0 aliphatic heterocycles. The molecule has 0 saturated carbocycles. The summed E-state index contributed by atoms with van der Waals surface area (Å²) in [6.07, 6.45) is 46.1. The molecular formula is C44H82N2O6P+. The van der Waals surface area contributed by atoms with Gasteiger partial charge in [0, 0.05) is 6.42 Å². The van der Waals surface area contributed by atoms with Crippen LogP contribution in [0.3, 0.4) is 0 Å². The van der Waals surface area contributed by atoms with Crippen LogP contribution in [0.25, 0.3) is 0 Å². The number of aliphatic hydroxyl groups is 1. The molecule has 0 aromatic heterocycles. The van der Waals surface area contributed by atoms with E-state index in [9.17, 15) is 19.4 Å². The first kappa shape index (κ1) is 51.2. The first-order valence-corrected chi connectivity index (χ1v) is 22.7. The van der Waals surface area contributed by atoms with Gasteiger partial charge in [-0.2, -0.15) is 0 Å². The van der Waals surface area contributed by atoms with Crippen molar-refractivity contribution < 1.29 is 32.9 Å². The minimum Gasteiger partial charge on any atom is -0.387 e. The lowest BCUT2D eigenvalue weighted by atomic mass is 10.0. The number of unbranched alkanes of at least 4 members (excludes halogenated alkanes) is 16. The van der Waals surface area contributed by atoms with E-state index in [4.69, 9.17) is 9.05 Å². The highest BCUT2D eigenvalue weighted by molar-refractivity contribution is 7.47. The Hall–Kier alpha value is -1.80. The Morgan fingerprint density at radius 2 is 1.13 bits per heavy atom. The van der Waals surface area contributed by atoms with Gasteiger partial charge in [-0.25, -0.2) is 4.57 Å². The third-order valence-corrected chi connectivity index (χ3v) is 9.98. The number of aliphatic hydroxyl groups excluding tert-OH is 1. The summed E-state index contributed by atoms with van der Waals surface area (Å²) in [4.78, 5) is 22.9. The van der Waals surface area contributed by atoms with Gasteiger partial charge >= 0.3 is 7.82 Å². The van der Waals surface area contributed by atoms with Crippen LogP contribution in [0.1, 0.15) is 162 Å². The number of phosphoric acid groups is 1. The highest BCUT2D eigenvalue weighted by Gasteiger charge is 2.27. The van der Waals surface area contributed by atoms with E-state index in [1.165, 1.54) is 70.6 Å². The second-order valence-corrected chi connectivity index (χ2v) is 16.8. The molecule has 0 bridgehead atoms. The molecule has 0 aliphatic carbocycles. The Balaban J connectivity index is 4.10. The Morgan fingerprint density at radius 1 is 0.660 bits per heavy atom. The van der Waals surface area contributed by atoms with Crippen LogP contribution in [-0.2, 0) is 18.4 Å². The molecule has 3 atom stereocenters. The molecule has 0 heterocycles. The van der Waals surface area contributed by atoms with Gasteiger partial charge in [-0.15, -0.1) is 0 Å². The zero-order chi connectivity index (χ0) is 39.3. The number of rotatable bonds is 37. The molecule has 308 valence electrons. The number of carbonyl (C=O) groups is 1. The van der Waals surface area contributed by atoms with Crippen molar-refractivity contribution >= 4 is 13.7 Å². The molecule has 9 heteroatoms. The summed E-state index contributed by atoms with van der Waals surface area (Å²) in [5, 5.41) is 13.6. The van der Waals surface area contributed by atoms with E-state index < -0.39 is 20.0 Å². The third kappa shape index (κ3) is 38.3. The lowest BCUT2D eigenvalue weighted by molar-refractivity contribution is -0.870. The summed E-state index contributed by atoms with van der Waals surface area (Å²) in [6, 6.07) is -0.845. The number of likely N-dealkylation sites (N-methyl/N-ethyl adjacent to an activating group) is 1. The zero-order valence-corrected chi connectivity index (χ0v) is 35.6. The predicted molar refractivity (Wildman–Crippen MR) is 226 cm³/mol. The topological polar surface area (TPSA) is 105 Å². The Labute approximate surface area is 326 Å². The monoisotopic (exact) mass is 766 g/mol. The van der Waals surface area contributed by atoms with Gasteiger partial charge in [-0.05, 0) is 57.8 Å². The number of nitrogens with one attached hydrogen (secondary N) is 1. The van der Waals surface area contributed by atoms with Crippen molar-refractivity contribution in [3.05, 3.63) is 60.8 Å². The average molecular weight is 766 g/mol. The fourth-order valence-corrected chi connectivity index (χ4v) is 6.35. The summed E-state index contributed by atoms with van der Waals surface area (Å²) in [6.45, 7) is 4.60. The molecule has 8 nitrogen and oxygen atoms in total. The van der Waals surface area contributed by atoms with Crippen molar-refractivity contribution in [3.8, 4) is 0 Å². The maximum Gasteiger partial charge on any atom is 0.472 e. The van der Waals surface area contributed by atoms with Gasteiger partial charge in [-0.3, -0.25) is 13.8 Å². The molecule has 0 aliphatic rings. The van der Waals surface area contributed by atoms with E-state index in [2.05, 4.69) is 67.8 Å². The number of hydrogen-bond donors (Lipinski definition) is 3. The zero-order valence-electron chi connectivity index (χ0n) is 34.7. The molecule has 0 spiro atoms. The molecule has 0 aromatic rings. The molecular weight excluding hydrogens is 683 g/mol. The van der Waals surface area contributed by atoms with Gasteiger partial charge in [-0.1, -0.05) is 158 Å². The molecule has 0 rings (SSSR count). The summed E-state index contributed by atoms with van der Waals surface area (Å²) >= 11 is 0. The minimum atomic E-state index is -4.32. The van der Waals surface area contributed by atoms with Crippen LogP contribution in [0.15, 0.2) is 60.8 Å². The fraction of sp³-hybridized carbons (Fsp3) is 0.750. The fourth-order valence-electron chi connectivity index (χ4n) is 5.62. The molecule has 3 N–H and O–H groups in total. The number of quaternary nitrogens is 1. The lowest BCUT2D eigenvalue weighted by Crippen LogP contribution is -2.45. The molecule has 0 aromatic carbocycles. The number of nitrogens with zero attached hydrogens (tertiary/aromatic N) is 1. The van der Waals surface area contributed by atoms with Gasteiger partial charge in [0.2, 0.25) is 5.91 Å². The van der Waals surface area contributed by atoms with Crippen molar-refractivity contribution in [1.29, 1.82) is 0 Å². The number of amides is 1. The van der Waals surface area contributed by atoms with E-state index >= 15 is 0 Å². The summed E-state index contributed by atoms with van der Waals surface area (Å²) in [5.74, 6) is -0.189. The number of hydrogen-bond acceptors (Lipinski definition) is 5. The van der Waals surface area contributed by atoms with E-state index in [0.717, 1.165) is 70.6 Å². The second-order valence-electron chi connectivity index (χ2n) is 15.3. The largest absolute Gasteiger partial charge is 0.472 e. The Bertz CT molecular complexity index is 1050. The number of allylic oxidation sites excluding steroid dienone is 9. The van der Waals surface area contributed by atoms with Crippen molar-refractivity contribution in [2.24, 2.45) is 0 Å². The molecule has 53 heavy (non-hydrogen) atoms. The van der Waals surface area contributed by atoms with Gasteiger partial charge in [0.25, 0.3) is 0 Å². The van der Waals surface area contributed by atoms with Gasteiger partial charge in [0.05, 0.1) is 39.9 Å². The molecule has 3 unspecified atom stereocenters. The SMILES string of the molecule is CC/C=C\C/C=C\C/C=C\C/C=C\CCCCCCCCCCCCCCC(=O)NC(COP(=O)(O)OCC[N+](C)(C)C)C(O)/C=C/CCCCCC. The smallest absolute Gasteiger partial charge is 0.387 e. The minimum absolute atomic E-state index is 0.0583. The van der Waals surface area contributed by atoms with Crippen molar-refractivity contribution in [2.45, 2.75) is 174 Å². The highest BCUT2D eigenvalue weighted by atomic mass is 31.2. The van der Waals surface area contributed by atoms with Crippen LogP contribution in [0.5, 0.6) is 0 Å². The van der Waals surface area contributed by atoms with E-state index in [1.54, 1.807) is 6.08 Å². The van der Waals surface area contributed by atoms with Crippen molar-refractivity contribution in [2.75, 3.05) is 40.9 Å². The Morgan fingerprint density at radius 3 is 1.66 bits per heavy atom. The molecule has 1 amide bonds. The number of carbonyl (C=O) groups excluding carboxylic acids is 1. The number of phosphoric ester groups is 1.